The summed E-state index contributed by atoms with van der Waals surface area (Å²) < 4.78 is 5.04. The molecule has 0 radical (unpaired) electrons. The summed E-state index contributed by atoms with van der Waals surface area (Å²) in [6, 6.07) is 0. The highest BCUT2D eigenvalue weighted by Gasteiger charge is 2.59. The number of carbonyl (C=O) groups is 2. The zero-order valence-corrected chi connectivity index (χ0v) is 14.4. The zero-order valence-electron chi connectivity index (χ0n) is 14.4. The fourth-order valence-electron chi connectivity index (χ4n) is 4.98. The molecule has 4 nitrogen and oxygen atoms in total. The number of aliphatic hydroxyl groups excluding tert-OH is 1. The molecule has 2 saturated carbocycles. The van der Waals surface area contributed by atoms with Gasteiger partial charge < -0.3 is 9.84 Å². The molecule has 1 N–H and O–H groups in total. The molecule has 0 aliphatic heterocycles. The summed E-state index contributed by atoms with van der Waals surface area (Å²) in [6.07, 6.45) is 7.68. The second-order valence-corrected chi connectivity index (χ2v) is 7.36. The second-order valence-electron chi connectivity index (χ2n) is 7.36. The van der Waals surface area contributed by atoms with Crippen LogP contribution in [-0.4, -0.2) is 30.6 Å². The van der Waals surface area contributed by atoms with Crippen LogP contribution >= 0.6 is 0 Å². The number of esters is 1. The maximum atomic E-state index is 12.5. The van der Waals surface area contributed by atoms with E-state index in [1.54, 1.807) is 6.08 Å². The van der Waals surface area contributed by atoms with Gasteiger partial charge in [-0.05, 0) is 50.0 Å². The third kappa shape index (κ3) is 2.89. The number of hydrogen-bond acceptors (Lipinski definition) is 4. The van der Waals surface area contributed by atoms with Crippen LogP contribution < -0.4 is 0 Å². The zero-order chi connectivity index (χ0) is 17.3. The van der Waals surface area contributed by atoms with Crippen LogP contribution in [0, 0.1) is 22.7 Å². The van der Waals surface area contributed by atoms with Gasteiger partial charge in [-0.1, -0.05) is 31.6 Å². The molecule has 128 valence electrons. The maximum Gasteiger partial charge on any atom is 0.314 e. The first-order chi connectivity index (χ1) is 10.8. The van der Waals surface area contributed by atoms with Gasteiger partial charge in [0, 0.05) is 5.92 Å². The first-order valence-electron chi connectivity index (χ1n) is 8.37. The van der Waals surface area contributed by atoms with Gasteiger partial charge in [0.2, 0.25) is 0 Å². The standard InChI is InChI=1S/C19H28O4/c1-13-6-9-16-18(3,15(13)8-7-14(2)21)10-5-11-19(16,12-20)17(22)23-4/h7-8,15-16,20H,1,5-6,9-12H2,2-4H3/b8-7+/t15-,16+,18+,19+/m0/s1. The number of methoxy groups -OCH3 is 1. The Labute approximate surface area is 138 Å². The van der Waals surface area contributed by atoms with Crippen LogP contribution in [0.15, 0.2) is 24.3 Å². The lowest BCUT2D eigenvalue weighted by atomic mass is 9.47. The van der Waals surface area contributed by atoms with Crippen molar-refractivity contribution in [3.63, 3.8) is 0 Å². The molecule has 0 unspecified atom stereocenters. The van der Waals surface area contributed by atoms with E-state index in [0.29, 0.717) is 6.42 Å². The van der Waals surface area contributed by atoms with Gasteiger partial charge in [0.1, 0.15) is 0 Å². The lowest BCUT2D eigenvalue weighted by Crippen LogP contribution is -2.56. The Morgan fingerprint density at radius 1 is 1.43 bits per heavy atom. The Kier molecular flexibility index (Phi) is 5.14. The van der Waals surface area contributed by atoms with Crippen LogP contribution in [0.4, 0.5) is 0 Å². The molecule has 0 aromatic carbocycles. The van der Waals surface area contributed by atoms with E-state index < -0.39 is 5.41 Å². The number of aliphatic hydroxyl groups is 1. The van der Waals surface area contributed by atoms with E-state index in [2.05, 4.69) is 13.5 Å². The van der Waals surface area contributed by atoms with E-state index in [1.165, 1.54) is 14.0 Å². The minimum absolute atomic E-state index is 0.0146. The average Bonchev–Trinajstić information content (AvgIpc) is 2.51. The Hall–Kier alpha value is -1.42. The van der Waals surface area contributed by atoms with E-state index in [9.17, 15) is 14.7 Å². The highest BCUT2D eigenvalue weighted by atomic mass is 16.5. The van der Waals surface area contributed by atoms with Crippen molar-refractivity contribution in [3.05, 3.63) is 24.3 Å². The number of fused-ring (bicyclic) bond motifs is 1. The van der Waals surface area contributed by atoms with Crippen molar-refractivity contribution in [2.45, 2.75) is 46.0 Å². The fraction of sp³-hybridized carbons (Fsp3) is 0.684. The van der Waals surface area contributed by atoms with Crippen LogP contribution in [0.1, 0.15) is 46.0 Å². The van der Waals surface area contributed by atoms with Gasteiger partial charge in [-0.3, -0.25) is 9.59 Å². The molecule has 0 bridgehead atoms. The average molecular weight is 320 g/mol. The summed E-state index contributed by atoms with van der Waals surface area (Å²) in [5.74, 6) is -0.201. The highest BCUT2D eigenvalue weighted by molar-refractivity contribution is 5.87. The van der Waals surface area contributed by atoms with E-state index in [0.717, 1.165) is 31.3 Å². The summed E-state index contributed by atoms with van der Waals surface area (Å²) >= 11 is 0. The van der Waals surface area contributed by atoms with Gasteiger partial charge in [0.15, 0.2) is 5.78 Å². The van der Waals surface area contributed by atoms with Gasteiger partial charge in [-0.15, -0.1) is 0 Å². The Balaban J connectivity index is 2.46. The maximum absolute atomic E-state index is 12.5. The number of ether oxygens (including phenoxy) is 1. The summed E-state index contributed by atoms with van der Waals surface area (Å²) in [5.41, 5.74) is 0.0983. The topological polar surface area (TPSA) is 63.6 Å². The van der Waals surface area contributed by atoms with E-state index in [-0.39, 0.29) is 35.6 Å². The monoisotopic (exact) mass is 320 g/mol. The Morgan fingerprint density at radius 3 is 2.70 bits per heavy atom. The van der Waals surface area contributed by atoms with Crippen LogP contribution in [0.3, 0.4) is 0 Å². The second kappa shape index (κ2) is 6.60. The van der Waals surface area contributed by atoms with Crippen LogP contribution in [0.2, 0.25) is 0 Å². The summed E-state index contributed by atoms with van der Waals surface area (Å²) in [5, 5.41) is 10.1. The highest BCUT2D eigenvalue weighted by Crippen LogP contribution is 2.61. The molecule has 0 spiro atoms. The smallest absolute Gasteiger partial charge is 0.314 e. The molecule has 0 heterocycles. The number of allylic oxidation sites excluding steroid dienone is 3. The van der Waals surface area contributed by atoms with Crippen LogP contribution in [0.25, 0.3) is 0 Å². The van der Waals surface area contributed by atoms with Gasteiger partial charge in [-0.25, -0.2) is 0 Å². The predicted octanol–water partition coefficient (Wildman–Crippen LogP) is 3.06. The van der Waals surface area contributed by atoms with Crippen molar-refractivity contribution in [2.24, 2.45) is 22.7 Å². The minimum atomic E-state index is -0.829. The van der Waals surface area contributed by atoms with Gasteiger partial charge in [0.25, 0.3) is 0 Å². The summed E-state index contributed by atoms with van der Waals surface area (Å²) in [7, 11) is 1.39. The van der Waals surface area contributed by atoms with Crippen molar-refractivity contribution in [3.8, 4) is 0 Å². The molecule has 4 atom stereocenters. The van der Waals surface area contributed by atoms with Crippen molar-refractivity contribution in [1.29, 1.82) is 0 Å². The van der Waals surface area contributed by atoms with Crippen molar-refractivity contribution < 1.29 is 19.4 Å². The third-order valence-electron chi connectivity index (χ3n) is 6.10. The molecule has 2 aliphatic carbocycles. The number of hydrogen-bond donors (Lipinski definition) is 1. The van der Waals surface area contributed by atoms with Crippen LogP contribution in [-0.2, 0) is 14.3 Å². The molecular formula is C19H28O4. The number of carbonyl (C=O) groups excluding carboxylic acids is 2. The molecule has 2 rings (SSSR count). The summed E-state index contributed by atoms with van der Waals surface area (Å²) in [6.45, 7) is 7.73. The molecule has 2 aliphatic rings. The number of rotatable bonds is 4. The molecule has 0 aromatic rings. The summed E-state index contributed by atoms with van der Waals surface area (Å²) in [4.78, 5) is 23.9. The van der Waals surface area contributed by atoms with E-state index in [4.69, 9.17) is 4.74 Å². The molecule has 0 amide bonds. The number of ketones is 1. The van der Waals surface area contributed by atoms with Crippen molar-refractivity contribution in [2.75, 3.05) is 13.7 Å². The lowest BCUT2D eigenvalue weighted by Gasteiger charge is -2.57. The Bertz CT molecular complexity index is 535. The van der Waals surface area contributed by atoms with Gasteiger partial charge >= 0.3 is 5.97 Å². The first kappa shape index (κ1) is 17.9. The quantitative estimate of drug-likeness (QED) is 0.491. The largest absolute Gasteiger partial charge is 0.469 e. The van der Waals surface area contributed by atoms with Gasteiger partial charge in [0.05, 0.1) is 19.1 Å². The Morgan fingerprint density at radius 2 is 2.13 bits per heavy atom. The van der Waals surface area contributed by atoms with Crippen molar-refractivity contribution in [1.82, 2.24) is 0 Å². The molecular weight excluding hydrogens is 292 g/mol. The first-order valence-corrected chi connectivity index (χ1v) is 8.37. The molecule has 0 saturated heterocycles. The third-order valence-corrected chi connectivity index (χ3v) is 6.10. The van der Waals surface area contributed by atoms with Crippen LogP contribution in [0.5, 0.6) is 0 Å². The molecule has 0 aromatic heterocycles. The minimum Gasteiger partial charge on any atom is -0.469 e. The van der Waals surface area contributed by atoms with E-state index in [1.807, 2.05) is 6.08 Å². The predicted molar refractivity (Wildman–Crippen MR) is 88.7 cm³/mol. The van der Waals surface area contributed by atoms with Crippen molar-refractivity contribution >= 4 is 11.8 Å². The molecule has 4 heteroatoms. The molecule has 2 fully saturated rings. The lowest BCUT2D eigenvalue weighted by molar-refractivity contribution is -0.174. The normalized spacial score (nSPS) is 37.5. The molecule has 23 heavy (non-hydrogen) atoms. The van der Waals surface area contributed by atoms with Gasteiger partial charge in [-0.2, -0.15) is 0 Å². The fourth-order valence-corrected chi connectivity index (χ4v) is 4.98. The van der Waals surface area contributed by atoms with E-state index >= 15 is 0 Å². The SMILES string of the molecule is C=C1CC[C@H]2[C@@](CO)(C(=O)OC)CCC[C@]2(C)[C@H]1/C=C/C(C)=O.